The molecule has 94 valence electrons. The lowest BCUT2D eigenvalue weighted by Gasteiger charge is -2.19. The highest BCUT2D eigenvalue weighted by atomic mass is 32.1. The van der Waals surface area contributed by atoms with Gasteiger partial charge in [-0.1, -0.05) is 0 Å². The predicted molar refractivity (Wildman–Crippen MR) is 63.4 cm³/mol. The number of aromatic nitrogens is 1. The number of nitriles is 1. The zero-order valence-corrected chi connectivity index (χ0v) is 10.3. The Kier molecular flexibility index (Phi) is 3.58. The van der Waals surface area contributed by atoms with Crippen LogP contribution in [0.2, 0.25) is 0 Å². The van der Waals surface area contributed by atoms with Crippen LogP contribution in [0.1, 0.15) is 39.6 Å². The van der Waals surface area contributed by atoms with Crippen LogP contribution in [0.5, 0.6) is 0 Å². The number of carbonyl (C=O) groups excluding carboxylic acids is 1. The Hall–Kier alpha value is -1.94. The molecule has 2 rings (SSSR count). The minimum Gasteiger partial charge on any atom is -0.476 e. The van der Waals surface area contributed by atoms with Gasteiger partial charge in [0.05, 0.1) is 12.5 Å². The molecule has 0 spiro atoms. The molecule has 1 aromatic heterocycles. The fraction of sp³-hybridized carbons (Fsp3) is 0.455. The van der Waals surface area contributed by atoms with Crippen molar-refractivity contribution in [1.29, 1.82) is 5.26 Å². The number of carboxylic acids is 1. The van der Waals surface area contributed by atoms with Crippen molar-refractivity contribution >= 4 is 23.2 Å². The molecule has 1 heterocycles. The van der Waals surface area contributed by atoms with E-state index in [4.69, 9.17) is 10.4 Å². The largest absolute Gasteiger partial charge is 0.476 e. The number of carboxylic acid groups (broad SMARTS) is 1. The highest BCUT2D eigenvalue weighted by molar-refractivity contribution is 7.11. The summed E-state index contributed by atoms with van der Waals surface area (Å²) in [6, 6.07) is 2.19. The highest BCUT2D eigenvalue weighted by Crippen LogP contribution is 2.29. The minimum absolute atomic E-state index is 0.112. The Balaban J connectivity index is 2.11. The third kappa shape index (κ3) is 2.65. The van der Waals surface area contributed by atoms with E-state index in [-0.39, 0.29) is 29.1 Å². The van der Waals surface area contributed by atoms with Crippen LogP contribution in [0.3, 0.4) is 0 Å². The van der Waals surface area contributed by atoms with E-state index in [1.807, 2.05) is 6.07 Å². The molecular formula is C11H11N3O3S. The molecule has 18 heavy (non-hydrogen) atoms. The van der Waals surface area contributed by atoms with E-state index in [0.717, 1.165) is 24.2 Å². The summed E-state index contributed by atoms with van der Waals surface area (Å²) in [5, 5.41) is 18.9. The normalized spacial score (nSPS) is 13.9. The molecule has 0 radical (unpaired) electrons. The SMILES string of the molecule is N#CCCN(C(=O)c1nc(C(=O)O)cs1)C1CC1. The van der Waals surface area contributed by atoms with E-state index >= 15 is 0 Å². The van der Waals surface area contributed by atoms with Crippen molar-refractivity contribution in [3.8, 4) is 6.07 Å². The second kappa shape index (κ2) is 5.14. The maximum absolute atomic E-state index is 12.1. The molecule has 0 unspecified atom stereocenters. The average Bonchev–Trinajstić information content (AvgIpc) is 3.05. The first kappa shape index (κ1) is 12.5. The Morgan fingerprint density at radius 3 is 2.83 bits per heavy atom. The Bertz CT molecular complexity index is 516. The summed E-state index contributed by atoms with van der Waals surface area (Å²) >= 11 is 1.03. The van der Waals surface area contributed by atoms with Crippen LogP contribution >= 0.6 is 11.3 Å². The summed E-state index contributed by atoms with van der Waals surface area (Å²) in [5.41, 5.74) is -0.112. The van der Waals surface area contributed by atoms with Crippen molar-refractivity contribution in [2.75, 3.05) is 6.54 Å². The molecule has 0 saturated heterocycles. The molecule has 6 nitrogen and oxygen atoms in total. The molecule has 1 N–H and O–H groups in total. The zero-order chi connectivity index (χ0) is 13.1. The molecule has 0 aromatic carbocycles. The van der Waals surface area contributed by atoms with Gasteiger partial charge in [-0.25, -0.2) is 9.78 Å². The first-order valence-electron chi connectivity index (χ1n) is 5.50. The second-order valence-corrected chi connectivity index (χ2v) is 4.84. The summed E-state index contributed by atoms with van der Waals surface area (Å²) in [6.45, 7) is 0.377. The van der Waals surface area contributed by atoms with Gasteiger partial charge in [-0.15, -0.1) is 11.3 Å². The van der Waals surface area contributed by atoms with Gasteiger partial charge in [-0.05, 0) is 12.8 Å². The van der Waals surface area contributed by atoms with Crippen LogP contribution in [0.25, 0.3) is 0 Å². The van der Waals surface area contributed by atoms with Crippen molar-refractivity contribution in [2.45, 2.75) is 25.3 Å². The summed E-state index contributed by atoms with van der Waals surface area (Å²) in [4.78, 5) is 28.3. The van der Waals surface area contributed by atoms with Gasteiger partial charge in [0.1, 0.15) is 0 Å². The van der Waals surface area contributed by atoms with Gasteiger partial charge in [-0.2, -0.15) is 5.26 Å². The van der Waals surface area contributed by atoms with E-state index in [1.54, 1.807) is 4.90 Å². The summed E-state index contributed by atoms with van der Waals surface area (Å²) in [6.07, 6.45) is 2.15. The molecule has 0 atom stereocenters. The van der Waals surface area contributed by atoms with Crippen molar-refractivity contribution in [3.63, 3.8) is 0 Å². The third-order valence-electron chi connectivity index (χ3n) is 2.62. The molecule has 7 heteroatoms. The molecule has 0 bridgehead atoms. The van der Waals surface area contributed by atoms with E-state index in [9.17, 15) is 9.59 Å². The minimum atomic E-state index is -1.14. The first-order valence-corrected chi connectivity index (χ1v) is 6.38. The van der Waals surface area contributed by atoms with Crippen molar-refractivity contribution in [2.24, 2.45) is 0 Å². The lowest BCUT2D eigenvalue weighted by Crippen LogP contribution is -2.33. The van der Waals surface area contributed by atoms with Crippen molar-refractivity contribution < 1.29 is 14.7 Å². The molecular weight excluding hydrogens is 254 g/mol. The fourth-order valence-corrected chi connectivity index (χ4v) is 2.35. The van der Waals surface area contributed by atoms with Gasteiger partial charge in [0.15, 0.2) is 10.7 Å². The van der Waals surface area contributed by atoms with Gasteiger partial charge < -0.3 is 10.0 Å². The van der Waals surface area contributed by atoms with Crippen LogP contribution in [0.4, 0.5) is 0 Å². The Morgan fingerprint density at radius 1 is 1.61 bits per heavy atom. The number of amides is 1. The van der Waals surface area contributed by atoms with Crippen LogP contribution in [0.15, 0.2) is 5.38 Å². The van der Waals surface area contributed by atoms with E-state index in [2.05, 4.69) is 4.98 Å². The number of carbonyl (C=O) groups is 2. The standard InChI is InChI=1S/C11H11N3O3S/c12-4-1-5-14(7-2-3-7)10(15)9-13-8(6-18-9)11(16)17/h6-7H,1-3,5H2,(H,16,17). The number of hydrogen-bond acceptors (Lipinski definition) is 5. The number of nitrogens with zero attached hydrogens (tertiary/aromatic N) is 3. The Labute approximate surface area is 107 Å². The number of thiazole rings is 1. The quantitative estimate of drug-likeness (QED) is 0.867. The van der Waals surface area contributed by atoms with Crippen molar-refractivity contribution in [3.05, 3.63) is 16.1 Å². The van der Waals surface area contributed by atoms with E-state index in [1.165, 1.54) is 5.38 Å². The van der Waals surface area contributed by atoms with Gasteiger partial charge >= 0.3 is 5.97 Å². The van der Waals surface area contributed by atoms with E-state index in [0.29, 0.717) is 6.54 Å². The number of hydrogen-bond donors (Lipinski definition) is 1. The third-order valence-corrected chi connectivity index (χ3v) is 3.45. The van der Waals surface area contributed by atoms with Crippen LogP contribution in [0, 0.1) is 11.3 Å². The highest BCUT2D eigenvalue weighted by Gasteiger charge is 2.34. The first-order chi connectivity index (χ1) is 8.63. The van der Waals surface area contributed by atoms with Gasteiger partial charge in [0.25, 0.3) is 5.91 Å². The molecule has 1 aromatic rings. The summed E-state index contributed by atoms with van der Waals surface area (Å²) < 4.78 is 0. The predicted octanol–water partition coefficient (Wildman–Crippen LogP) is 1.36. The van der Waals surface area contributed by atoms with Crippen LogP contribution in [-0.4, -0.2) is 39.5 Å². The maximum Gasteiger partial charge on any atom is 0.355 e. The fourth-order valence-electron chi connectivity index (χ4n) is 1.60. The summed E-state index contributed by atoms with van der Waals surface area (Å²) in [7, 11) is 0. The Morgan fingerprint density at radius 2 is 2.33 bits per heavy atom. The second-order valence-electron chi connectivity index (χ2n) is 3.98. The topological polar surface area (TPSA) is 94.3 Å². The van der Waals surface area contributed by atoms with Gasteiger partial charge in [0, 0.05) is 18.0 Å². The summed E-state index contributed by atoms with van der Waals surface area (Å²) in [5.74, 6) is -1.41. The van der Waals surface area contributed by atoms with Gasteiger partial charge in [-0.3, -0.25) is 4.79 Å². The number of aromatic carboxylic acids is 1. The van der Waals surface area contributed by atoms with Gasteiger partial charge in [0.2, 0.25) is 0 Å². The molecule has 1 fully saturated rings. The molecule has 0 aliphatic heterocycles. The molecule has 1 aliphatic rings. The zero-order valence-electron chi connectivity index (χ0n) is 9.50. The molecule has 1 saturated carbocycles. The maximum atomic E-state index is 12.1. The van der Waals surface area contributed by atoms with Crippen LogP contribution in [-0.2, 0) is 0 Å². The average molecular weight is 265 g/mol. The van der Waals surface area contributed by atoms with Crippen LogP contribution < -0.4 is 0 Å². The molecule has 1 amide bonds. The molecule has 1 aliphatic carbocycles. The monoisotopic (exact) mass is 265 g/mol. The smallest absolute Gasteiger partial charge is 0.355 e. The lowest BCUT2D eigenvalue weighted by molar-refractivity contribution is 0.0691. The van der Waals surface area contributed by atoms with Crippen molar-refractivity contribution in [1.82, 2.24) is 9.88 Å². The lowest BCUT2D eigenvalue weighted by atomic mass is 10.3. The number of rotatable bonds is 5. The van der Waals surface area contributed by atoms with E-state index < -0.39 is 5.97 Å².